The molecule has 2 fully saturated rings. The van der Waals surface area contributed by atoms with Gasteiger partial charge in [-0.15, -0.1) is 0 Å². The average Bonchev–Trinajstić information content (AvgIpc) is 2.81. The molecule has 2 N–H and O–H groups in total. The summed E-state index contributed by atoms with van der Waals surface area (Å²) < 4.78 is 0. The summed E-state index contributed by atoms with van der Waals surface area (Å²) in [4.78, 5) is 13.2. The lowest BCUT2D eigenvalue weighted by atomic mass is 10.1. The molecule has 1 aromatic rings. The van der Waals surface area contributed by atoms with Crippen molar-refractivity contribution in [2.24, 2.45) is 5.92 Å². The van der Waals surface area contributed by atoms with Gasteiger partial charge >= 0.3 is 0 Å². The molecule has 2 atom stereocenters. The Hall–Kier alpha value is -1.19. The smallest absolute Gasteiger partial charge is 0.223 e. The first-order valence-electron chi connectivity index (χ1n) is 6.25. The van der Waals surface area contributed by atoms with Crippen LogP contribution < -0.4 is 5.73 Å². The van der Waals surface area contributed by atoms with Crippen molar-refractivity contribution in [3.63, 3.8) is 0 Å². The van der Waals surface area contributed by atoms with Crippen LogP contribution in [0.3, 0.4) is 0 Å². The van der Waals surface area contributed by atoms with E-state index in [0.29, 0.717) is 17.8 Å². The van der Waals surface area contributed by atoms with Gasteiger partial charge in [0.1, 0.15) is 11.6 Å². The van der Waals surface area contributed by atoms with Crippen molar-refractivity contribution in [1.82, 2.24) is 15.0 Å². The molecule has 1 aromatic heterocycles. The molecule has 0 spiro atoms. The Morgan fingerprint density at radius 3 is 2.31 bits per heavy atom. The third-order valence-corrected chi connectivity index (χ3v) is 3.85. The summed E-state index contributed by atoms with van der Waals surface area (Å²) in [6.07, 6.45) is 6.22. The molecule has 2 saturated carbocycles. The highest BCUT2D eigenvalue weighted by molar-refractivity contribution is 5.22. The van der Waals surface area contributed by atoms with Crippen LogP contribution in [-0.4, -0.2) is 15.0 Å². The van der Waals surface area contributed by atoms with Crippen molar-refractivity contribution in [3.05, 3.63) is 11.6 Å². The maximum atomic E-state index is 5.78. The Morgan fingerprint density at radius 1 is 1.06 bits per heavy atom. The van der Waals surface area contributed by atoms with E-state index >= 15 is 0 Å². The number of hydrogen-bond acceptors (Lipinski definition) is 4. The molecule has 3 rings (SSSR count). The number of aromatic nitrogens is 3. The van der Waals surface area contributed by atoms with Gasteiger partial charge in [-0.1, -0.05) is 19.8 Å². The summed E-state index contributed by atoms with van der Waals surface area (Å²) in [6.45, 7) is 2.24. The number of anilines is 1. The molecular weight excluding hydrogens is 200 g/mol. The maximum Gasteiger partial charge on any atom is 0.223 e. The van der Waals surface area contributed by atoms with E-state index in [-0.39, 0.29) is 0 Å². The van der Waals surface area contributed by atoms with Crippen LogP contribution in [0.15, 0.2) is 0 Å². The van der Waals surface area contributed by atoms with E-state index in [2.05, 4.69) is 21.9 Å². The molecule has 86 valence electrons. The SMILES string of the molecule is CC1CC1c1nc(N)nc(C2CCCC2)n1. The molecule has 0 aromatic carbocycles. The Kier molecular flexibility index (Phi) is 2.30. The van der Waals surface area contributed by atoms with E-state index in [1.807, 2.05) is 0 Å². The standard InChI is InChI=1S/C12H18N4/c1-7-6-9(7)11-14-10(15-12(13)16-11)8-4-2-3-5-8/h7-9H,2-6H2,1H3,(H2,13,14,15,16). The van der Waals surface area contributed by atoms with Gasteiger partial charge in [-0.25, -0.2) is 4.98 Å². The summed E-state index contributed by atoms with van der Waals surface area (Å²) >= 11 is 0. The van der Waals surface area contributed by atoms with Crippen LogP contribution >= 0.6 is 0 Å². The predicted molar refractivity (Wildman–Crippen MR) is 62.0 cm³/mol. The zero-order chi connectivity index (χ0) is 11.1. The van der Waals surface area contributed by atoms with Gasteiger partial charge in [0.2, 0.25) is 5.95 Å². The molecule has 0 bridgehead atoms. The van der Waals surface area contributed by atoms with Gasteiger partial charge in [-0.3, -0.25) is 0 Å². The predicted octanol–water partition coefficient (Wildman–Crippen LogP) is 2.23. The van der Waals surface area contributed by atoms with Crippen LogP contribution in [0.25, 0.3) is 0 Å². The summed E-state index contributed by atoms with van der Waals surface area (Å²) in [5, 5.41) is 0. The number of rotatable bonds is 2. The molecule has 2 aliphatic carbocycles. The number of nitrogens with two attached hydrogens (primary N) is 1. The van der Waals surface area contributed by atoms with Crippen LogP contribution in [0.5, 0.6) is 0 Å². The first kappa shape index (κ1) is 10.00. The minimum absolute atomic E-state index is 0.408. The van der Waals surface area contributed by atoms with E-state index < -0.39 is 0 Å². The van der Waals surface area contributed by atoms with Crippen LogP contribution in [0.4, 0.5) is 5.95 Å². The lowest BCUT2D eigenvalue weighted by molar-refractivity contribution is 0.649. The number of hydrogen-bond donors (Lipinski definition) is 1. The molecular formula is C12H18N4. The molecule has 16 heavy (non-hydrogen) atoms. The Labute approximate surface area is 95.7 Å². The lowest BCUT2D eigenvalue weighted by Gasteiger charge is -2.09. The second-order valence-corrected chi connectivity index (χ2v) is 5.21. The molecule has 0 saturated heterocycles. The van der Waals surface area contributed by atoms with Gasteiger partial charge in [-0.2, -0.15) is 9.97 Å². The topological polar surface area (TPSA) is 64.7 Å². The third kappa shape index (κ3) is 1.77. The molecule has 4 nitrogen and oxygen atoms in total. The summed E-state index contributed by atoms with van der Waals surface area (Å²) in [7, 11) is 0. The Morgan fingerprint density at radius 2 is 1.69 bits per heavy atom. The largest absolute Gasteiger partial charge is 0.368 e. The van der Waals surface area contributed by atoms with Crippen molar-refractivity contribution in [3.8, 4) is 0 Å². The molecule has 0 aliphatic heterocycles. The quantitative estimate of drug-likeness (QED) is 0.826. The highest BCUT2D eigenvalue weighted by Crippen LogP contribution is 2.45. The van der Waals surface area contributed by atoms with Gasteiger partial charge < -0.3 is 5.73 Å². The summed E-state index contributed by atoms with van der Waals surface area (Å²) in [5.41, 5.74) is 5.78. The van der Waals surface area contributed by atoms with Crippen molar-refractivity contribution >= 4 is 5.95 Å². The van der Waals surface area contributed by atoms with E-state index in [0.717, 1.165) is 17.6 Å². The zero-order valence-corrected chi connectivity index (χ0v) is 9.69. The molecule has 0 amide bonds. The van der Waals surface area contributed by atoms with Gasteiger partial charge in [0, 0.05) is 11.8 Å². The Balaban J connectivity index is 1.89. The van der Waals surface area contributed by atoms with Crippen LogP contribution in [0.2, 0.25) is 0 Å². The van der Waals surface area contributed by atoms with E-state index in [9.17, 15) is 0 Å². The van der Waals surface area contributed by atoms with E-state index in [1.165, 1.54) is 32.1 Å². The first-order valence-corrected chi connectivity index (χ1v) is 6.25. The molecule has 0 radical (unpaired) electrons. The summed E-state index contributed by atoms with van der Waals surface area (Å²) in [6, 6.07) is 0. The average molecular weight is 218 g/mol. The minimum atomic E-state index is 0.408. The maximum absolute atomic E-state index is 5.78. The van der Waals surface area contributed by atoms with Gasteiger partial charge in [0.15, 0.2) is 0 Å². The molecule has 1 heterocycles. The normalized spacial score (nSPS) is 29.6. The van der Waals surface area contributed by atoms with Gasteiger partial charge in [0.05, 0.1) is 0 Å². The van der Waals surface area contributed by atoms with Gasteiger partial charge in [-0.05, 0) is 25.2 Å². The van der Waals surface area contributed by atoms with Crippen molar-refractivity contribution in [2.75, 3.05) is 5.73 Å². The fourth-order valence-corrected chi connectivity index (χ4v) is 2.64. The highest BCUT2D eigenvalue weighted by Gasteiger charge is 2.37. The minimum Gasteiger partial charge on any atom is -0.368 e. The highest BCUT2D eigenvalue weighted by atomic mass is 15.1. The number of nitrogen functional groups attached to an aromatic ring is 1. The number of nitrogens with zero attached hydrogens (tertiary/aromatic N) is 3. The lowest BCUT2D eigenvalue weighted by Crippen LogP contribution is -2.09. The van der Waals surface area contributed by atoms with Crippen LogP contribution in [0, 0.1) is 5.92 Å². The van der Waals surface area contributed by atoms with E-state index in [4.69, 9.17) is 5.73 Å². The fourth-order valence-electron chi connectivity index (χ4n) is 2.64. The molecule has 4 heteroatoms. The molecule has 2 aliphatic rings. The molecule has 2 unspecified atom stereocenters. The van der Waals surface area contributed by atoms with Crippen molar-refractivity contribution in [1.29, 1.82) is 0 Å². The van der Waals surface area contributed by atoms with Crippen molar-refractivity contribution in [2.45, 2.75) is 50.9 Å². The van der Waals surface area contributed by atoms with Crippen molar-refractivity contribution < 1.29 is 0 Å². The van der Waals surface area contributed by atoms with Gasteiger partial charge in [0.25, 0.3) is 0 Å². The summed E-state index contributed by atoms with van der Waals surface area (Å²) in [5.74, 6) is 4.06. The zero-order valence-electron chi connectivity index (χ0n) is 9.69. The third-order valence-electron chi connectivity index (χ3n) is 3.85. The van der Waals surface area contributed by atoms with Crippen LogP contribution in [-0.2, 0) is 0 Å². The first-order chi connectivity index (χ1) is 7.74. The monoisotopic (exact) mass is 218 g/mol. The Bertz CT molecular complexity index is 398. The van der Waals surface area contributed by atoms with E-state index in [1.54, 1.807) is 0 Å². The second kappa shape index (κ2) is 3.68. The van der Waals surface area contributed by atoms with Crippen LogP contribution in [0.1, 0.15) is 62.5 Å². The second-order valence-electron chi connectivity index (χ2n) is 5.21. The fraction of sp³-hybridized carbons (Fsp3) is 0.750.